The van der Waals surface area contributed by atoms with Gasteiger partial charge in [-0.15, -0.1) is 0 Å². The maximum atomic E-state index is 12.9. The molecule has 0 unspecified atom stereocenters. The van der Waals surface area contributed by atoms with Gasteiger partial charge in [-0.25, -0.2) is 4.79 Å². The van der Waals surface area contributed by atoms with Crippen molar-refractivity contribution in [2.24, 2.45) is 0 Å². The lowest BCUT2D eigenvalue weighted by Crippen LogP contribution is -2.24. The third-order valence-electron chi connectivity index (χ3n) is 4.91. The van der Waals surface area contributed by atoms with Crippen molar-refractivity contribution in [3.63, 3.8) is 0 Å². The molecule has 0 aliphatic carbocycles. The molecule has 1 heterocycles. The van der Waals surface area contributed by atoms with Crippen LogP contribution in [0.3, 0.4) is 0 Å². The number of fused-ring (bicyclic) bond motifs is 1. The molecule has 154 valence electrons. The Morgan fingerprint density at radius 2 is 1.18 bits per heavy atom. The topological polar surface area (TPSA) is 79.5 Å². The zero-order valence-corrected chi connectivity index (χ0v) is 16.8. The van der Waals surface area contributed by atoms with Gasteiger partial charge in [0.15, 0.2) is 0 Å². The normalized spacial score (nSPS) is 10.9. The summed E-state index contributed by atoms with van der Waals surface area (Å²) in [6.45, 7) is 1.27. The summed E-state index contributed by atoms with van der Waals surface area (Å²) in [4.78, 5) is 35.2. The van der Waals surface area contributed by atoms with Gasteiger partial charge >= 0.3 is 17.6 Å². The average molecular weight is 390 g/mol. The third-order valence-corrected chi connectivity index (χ3v) is 4.91. The van der Waals surface area contributed by atoms with E-state index in [4.69, 9.17) is 0 Å². The van der Waals surface area contributed by atoms with Crippen LogP contribution in [-0.2, 0) is 32.2 Å². The van der Waals surface area contributed by atoms with Gasteiger partial charge < -0.3 is 9.47 Å². The molecule has 0 amide bonds. The molecule has 0 fully saturated rings. The van der Waals surface area contributed by atoms with Crippen molar-refractivity contribution in [2.45, 2.75) is 64.5 Å². The van der Waals surface area contributed by atoms with Crippen molar-refractivity contribution in [1.82, 2.24) is 9.13 Å². The Morgan fingerprint density at radius 3 is 1.57 bits per heavy atom. The van der Waals surface area contributed by atoms with Gasteiger partial charge in [-0.2, -0.15) is 0 Å². The molecule has 7 heteroatoms. The molecule has 0 N–H and O–H groups in total. The predicted molar refractivity (Wildman–Crippen MR) is 107 cm³/mol. The summed E-state index contributed by atoms with van der Waals surface area (Å²) >= 11 is 0. The quantitative estimate of drug-likeness (QED) is 0.410. The standard InChI is InChI=1S/C21H30N2O5/c1-27-19(24)13-5-3-9-15-22-17-11-7-8-12-18(17)23(21(22)26)16-10-4-6-14-20(25)28-2/h7-8,11-12H,3-6,9-10,13-16H2,1-2H3. The Hall–Kier alpha value is -2.57. The number of rotatable bonds is 12. The zero-order valence-electron chi connectivity index (χ0n) is 16.8. The summed E-state index contributed by atoms with van der Waals surface area (Å²) in [6, 6.07) is 7.82. The number of imidazole rings is 1. The molecule has 28 heavy (non-hydrogen) atoms. The highest BCUT2D eigenvalue weighted by Gasteiger charge is 2.12. The van der Waals surface area contributed by atoms with E-state index in [-0.39, 0.29) is 17.6 Å². The number of ether oxygens (including phenoxy) is 2. The van der Waals surface area contributed by atoms with Crippen LogP contribution < -0.4 is 5.69 Å². The van der Waals surface area contributed by atoms with Crippen LogP contribution in [0.1, 0.15) is 51.4 Å². The zero-order chi connectivity index (χ0) is 20.4. The summed E-state index contributed by atoms with van der Waals surface area (Å²) in [5.41, 5.74) is 1.88. The Kier molecular flexibility index (Phi) is 8.78. The number of hydrogen-bond acceptors (Lipinski definition) is 5. The molecule has 0 aliphatic heterocycles. The van der Waals surface area contributed by atoms with Crippen LogP contribution in [0.25, 0.3) is 11.0 Å². The number of aromatic nitrogens is 2. The molecule has 0 aliphatic rings. The first-order valence-corrected chi connectivity index (χ1v) is 9.90. The van der Waals surface area contributed by atoms with Crippen LogP contribution in [0.4, 0.5) is 0 Å². The van der Waals surface area contributed by atoms with Crippen LogP contribution in [0.15, 0.2) is 29.1 Å². The third kappa shape index (κ3) is 5.97. The van der Waals surface area contributed by atoms with Crippen molar-refractivity contribution >= 4 is 23.0 Å². The van der Waals surface area contributed by atoms with Crippen LogP contribution in [0.2, 0.25) is 0 Å². The Labute approximate surface area is 165 Å². The number of methoxy groups -OCH3 is 2. The summed E-state index contributed by atoms with van der Waals surface area (Å²) < 4.78 is 12.9. The minimum absolute atomic E-state index is 0.00198. The van der Waals surface area contributed by atoms with Gasteiger partial charge in [-0.1, -0.05) is 25.0 Å². The number of carbonyl (C=O) groups excluding carboxylic acids is 2. The molecule has 0 bridgehead atoms. The highest BCUT2D eigenvalue weighted by Crippen LogP contribution is 2.15. The van der Waals surface area contributed by atoms with Crippen LogP contribution in [-0.4, -0.2) is 35.3 Å². The summed E-state index contributed by atoms with van der Waals surface area (Å²) in [5, 5.41) is 0. The van der Waals surface area contributed by atoms with Gasteiger partial charge in [-0.05, 0) is 37.8 Å². The molecule has 0 saturated heterocycles. The lowest BCUT2D eigenvalue weighted by molar-refractivity contribution is -0.141. The molecule has 0 spiro atoms. The second-order valence-electron chi connectivity index (χ2n) is 6.85. The number of carbonyl (C=O) groups is 2. The second kappa shape index (κ2) is 11.3. The first-order valence-electron chi connectivity index (χ1n) is 9.90. The first-order chi connectivity index (χ1) is 13.6. The van der Waals surface area contributed by atoms with E-state index in [9.17, 15) is 14.4 Å². The van der Waals surface area contributed by atoms with Crippen LogP contribution in [0.5, 0.6) is 0 Å². The van der Waals surface area contributed by atoms with E-state index in [2.05, 4.69) is 9.47 Å². The van der Waals surface area contributed by atoms with E-state index in [1.165, 1.54) is 14.2 Å². The summed E-state index contributed by atoms with van der Waals surface area (Å²) in [6.07, 6.45) is 5.77. The number of nitrogens with zero attached hydrogens (tertiary/aromatic N) is 2. The van der Waals surface area contributed by atoms with Gasteiger partial charge in [0.25, 0.3) is 0 Å². The molecule has 2 rings (SSSR count). The van der Waals surface area contributed by atoms with Crippen molar-refractivity contribution in [1.29, 1.82) is 0 Å². The monoisotopic (exact) mass is 390 g/mol. The second-order valence-corrected chi connectivity index (χ2v) is 6.85. The van der Waals surface area contributed by atoms with Crippen LogP contribution >= 0.6 is 0 Å². The van der Waals surface area contributed by atoms with Gasteiger partial charge in [0, 0.05) is 25.9 Å². The van der Waals surface area contributed by atoms with Crippen LogP contribution in [0, 0.1) is 0 Å². The fourth-order valence-electron chi connectivity index (χ4n) is 3.34. The minimum atomic E-state index is -0.194. The van der Waals surface area contributed by atoms with Gasteiger partial charge in [0.05, 0.1) is 25.3 Å². The van der Waals surface area contributed by atoms with Crippen molar-refractivity contribution in [2.75, 3.05) is 14.2 Å². The van der Waals surface area contributed by atoms with Crippen molar-refractivity contribution in [3.05, 3.63) is 34.7 Å². The van der Waals surface area contributed by atoms with Gasteiger partial charge in [0.1, 0.15) is 0 Å². The van der Waals surface area contributed by atoms with Gasteiger partial charge in [0.2, 0.25) is 0 Å². The lowest BCUT2D eigenvalue weighted by atomic mass is 10.2. The molecular weight excluding hydrogens is 360 g/mol. The maximum absolute atomic E-state index is 12.9. The molecule has 0 atom stereocenters. The number of aryl methyl sites for hydroxylation is 2. The first kappa shape index (κ1) is 21.7. The fraction of sp³-hybridized carbons (Fsp3) is 0.571. The Bertz CT molecular complexity index is 771. The lowest BCUT2D eigenvalue weighted by Gasteiger charge is -2.04. The van der Waals surface area contributed by atoms with Crippen molar-refractivity contribution in [3.8, 4) is 0 Å². The SMILES string of the molecule is COC(=O)CCCCCn1c(=O)n(CCCCCC(=O)OC)c2ccccc21. The van der Waals surface area contributed by atoms with E-state index in [1.54, 1.807) is 0 Å². The molecular formula is C21H30N2O5. The fourth-order valence-corrected chi connectivity index (χ4v) is 3.34. The van der Waals surface area contributed by atoms with E-state index >= 15 is 0 Å². The molecule has 0 radical (unpaired) electrons. The van der Waals surface area contributed by atoms with E-state index in [0.29, 0.717) is 25.9 Å². The highest BCUT2D eigenvalue weighted by atomic mass is 16.5. The molecule has 1 aromatic heterocycles. The van der Waals surface area contributed by atoms with Crippen molar-refractivity contribution < 1.29 is 19.1 Å². The van der Waals surface area contributed by atoms with E-state index < -0.39 is 0 Å². The number of unbranched alkanes of at least 4 members (excludes halogenated alkanes) is 4. The van der Waals surface area contributed by atoms with E-state index in [1.807, 2.05) is 33.4 Å². The summed E-state index contributed by atoms with van der Waals surface area (Å²) in [7, 11) is 2.79. The van der Waals surface area contributed by atoms with Gasteiger partial charge in [-0.3, -0.25) is 18.7 Å². The predicted octanol–water partition coefficient (Wildman–Crippen LogP) is 3.27. The number of para-hydroxylation sites is 2. The minimum Gasteiger partial charge on any atom is -0.469 e. The average Bonchev–Trinajstić information content (AvgIpc) is 2.98. The van der Waals surface area contributed by atoms with E-state index in [0.717, 1.165) is 49.6 Å². The Balaban J connectivity index is 1.95. The largest absolute Gasteiger partial charge is 0.469 e. The molecule has 1 aromatic carbocycles. The number of benzene rings is 1. The smallest absolute Gasteiger partial charge is 0.329 e. The molecule has 0 saturated carbocycles. The number of esters is 2. The highest BCUT2D eigenvalue weighted by molar-refractivity contribution is 5.76. The maximum Gasteiger partial charge on any atom is 0.329 e. The molecule has 2 aromatic rings. The Morgan fingerprint density at radius 1 is 0.750 bits per heavy atom. The summed E-state index contributed by atoms with van der Waals surface area (Å²) in [5.74, 6) is -0.387. The molecule has 7 nitrogen and oxygen atoms in total. The number of hydrogen-bond donors (Lipinski definition) is 0.